The number of imidazole rings is 1. The molecule has 6 heteroatoms. The van der Waals surface area contributed by atoms with Gasteiger partial charge in [0, 0.05) is 31.2 Å². The van der Waals surface area contributed by atoms with Gasteiger partial charge in [0.05, 0.1) is 30.8 Å². The fourth-order valence-electron chi connectivity index (χ4n) is 4.06. The molecule has 0 spiro atoms. The van der Waals surface area contributed by atoms with Crippen LogP contribution in [-0.2, 0) is 11.2 Å². The Hall–Kier alpha value is -2.89. The van der Waals surface area contributed by atoms with Crippen LogP contribution in [-0.4, -0.2) is 45.5 Å². The van der Waals surface area contributed by atoms with Crippen LogP contribution in [0.1, 0.15) is 43.6 Å². The van der Waals surface area contributed by atoms with Crippen LogP contribution in [0.5, 0.6) is 5.75 Å². The zero-order chi connectivity index (χ0) is 19.7. The third kappa shape index (κ3) is 3.46. The summed E-state index contributed by atoms with van der Waals surface area (Å²) in [4.78, 5) is 23.9. The molecule has 1 fully saturated rings. The fraction of sp³-hybridized carbons (Fsp3) is 0.409. The van der Waals surface area contributed by atoms with E-state index in [1.165, 1.54) is 0 Å². The molecule has 0 bridgehead atoms. The summed E-state index contributed by atoms with van der Waals surface area (Å²) in [7, 11) is 1.64. The molecule has 1 saturated heterocycles. The Balaban J connectivity index is 1.52. The molecule has 0 unspecified atom stereocenters. The van der Waals surface area contributed by atoms with E-state index in [2.05, 4.69) is 23.4 Å². The lowest BCUT2D eigenvalue weighted by molar-refractivity contribution is -0.129. The van der Waals surface area contributed by atoms with Crippen molar-refractivity contribution in [1.82, 2.24) is 19.4 Å². The maximum Gasteiger partial charge on any atom is 0.227 e. The summed E-state index contributed by atoms with van der Waals surface area (Å²) in [6.07, 6.45) is 5.00. The van der Waals surface area contributed by atoms with Crippen molar-refractivity contribution < 1.29 is 9.53 Å². The molecule has 1 atom stereocenters. The first-order chi connectivity index (χ1) is 13.6. The zero-order valence-electron chi connectivity index (χ0n) is 16.6. The number of amides is 1. The molecule has 146 valence electrons. The van der Waals surface area contributed by atoms with Crippen LogP contribution in [0.15, 0.2) is 42.7 Å². The predicted octanol–water partition coefficient (Wildman–Crippen LogP) is 3.58. The Morgan fingerprint density at radius 1 is 1.32 bits per heavy atom. The molecular formula is C22H26N4O2. The van der Waals surface area contributed by atoms with Gasteiger partial charge in [0.1, 0.15) is 11.6 Å². The summed E-state index contributed by atoms with van der Waals surface area (Å²) in [5.41, 5.74) is 3.02. The van der Waals surface area contributed by atoms with Crippen molar-refractivity contribution in [2.24, 2.45) is 0 Å². The second-order valence-corrected chi connectivity index (χ2v) is 7.65. The van der Waals surface area contributed by atoms with Crippen molar-refractivity contribution in [2.45, 2.75) is 38.6 Å². The molecular weight excluding hydrogens is 352 g/mol. The van der Waals surface area contributed by atoms with Crippen molar-refractivity contribution in [1.29, 1.82) is 0 Å². The topological polar surface area (TPSA) is 60.2 Å². The summed E-state index contributed by atoms with van der Waals surface area (Å²) >= 11 is 0. The Bertz CT molecular complexity index is 995. The van der Waals surface area contributed by atoms with Gasteiger partial charge in [0.2, 0.25) is 5.91 Å². The third-order valence-electron chi connectivity index (χ3n) is 5.43. The maximum atomic E-state index is 12.8. The number of likely N-dealkylation sites (tertiary alicyclic amines) is 1. The molecule has 0 N–H and O–H groups in total. The minimum Gasteiger partial charge on any atom is -0.497 e. The number of methoxy groups -OCH3 is 1. The largest absolute Gasteiger partial charge is 0.497 e. The van der Waals surface area contributed by atoms with E-state index in [4.69, 9.17) is 9.72 Å². The van der Waals surface area contributed by atoms with E-state index >= 15 is 0 Å². The van der Waals surface area contributed by atoms with Gasteiger partial charge in [-0.15, -0.1) is 0 Å². The van der Waals surface area contributed by atoms with Gasteiger partial charge >= 0.3 is 0 Å². The lowest BCUT2D eigenvalue weighted by Gasteiger charge is -2.19. The van der Waals surface area contributed by atoms with Gasteiger partial charge in [-0.2, -0.15) is 0 Å². The highest BCUT2D eigenvalue weighted by Crippen LogP contribution is 2.31. The number of benzene rings is 1. The van der Waals surface area contributed by atoms with Gasteiger partial charge in [-0.3, -0.25) is 9.78 Å². The van der Waals surface area contributed by atoms with Gasteiger partial charge in [0.25, 0.3) is 0 Å². The second kappa shape index (κ2) is 7.62. The number of ether oxygens (including phenoxy) is 1. The number of aromatic nitrogens is 3. The third-order valence-corrected chi connectivity index (χ3v) is 5.43. The van der Waals surface area contributed by atoms with Crippen LogP contribution in [0.25, 0.3) is 11.0 Å². The number of rotatable bonds is 5. The highest BCUT2D eigenvalue weighted by atomic mass is 16.5. The molecule has 0 saturated carbocycles. The number of nitrogens with zero attached hydrogens (tertiary/aromatic N) is 4. The van der Waals surface area contributed by atoms with E-state index in [1.54, 1.807) is 13.3 Å². The van der Waals surface area contributed by atoms with E-state index in [-0.39, 0.29) is 11.8 Å². The van der Waals surface area contributed by atoms with Crippen LogP contribution < -0.4 is 4.74 Å². The van der Waals surface area contributed by atoms with Gasteiger partial charge in [-0.05, 0) is 44.0 Å². The van der Waals surface area contributed by atoms with E-state index in [0.717, 1.165) is 41.1 Å². The molecule has 1 amide bonds. The summed E-state index contributed by atoms with van der Waals surface area (Å²) < 4.78 is 7.53. The first-order valence-electron chi connectivity index (χ1n) is 9.79. The minimum absolute atomic E-state index is 0.157. The quantitative estimate of drug-likeness (QED) is 0.681. The van der Waals surface area contributed by atoms with Crippen molar-refractivity contribution in [3.8, 4) is 5.75 Å². The van der Waals surface area contributed by atoms with E-state index in [1.807, 2.05) is 41.4 Å². The Morgan fingerprint density at radius 3 is 2.96 bits per heavy atom. The molecule has 2 aromatic heterocycles. The van der Waals surface area contributed by atoms with Crippen LogP contribution in [0.3, 0.4) is 0 Å². The number of carbonyl (C=O) groups excluding carboxylic acids is 1. The van der Waals surface area contributed by atoms with Crippen molar-refractivity contribution in [3.05, 3.63) is 54.1 Å². The van der Waals surface area contributed by atoms with Gasteiger partial charge in [0.15, 0.2) is 0 Å². The minimum atomic E-state index is 0.157. The first-order valence-corrected chi connectivity index (χ1v) is 9.79. The van der Waals surface area contributed by atoms with Gasteiger partial charge in [-0.25, -0.2) is 4.98 Å². The zero-order valence-corrected chi connectivity index (χ0v) is 16.6. The van der Waals surface area contributed by atoms with Crippen LogP contribution >= 0.6 is 0 Å². The smallest absolute Gasteiger partial charge is 0.227 e. The molecule has 0 radical (unpaired) electrons. The van der Waals surface area contributed by atoms with Crippen LogP contribution in [0.4, 0.5) is 0 Å². The summed E-state index contributed by atoms with van der Waals surface area (Å²) in [5, 5.41) is 0. The number of pyridine rings is 1. The lowest BCUT2D eigenvalue weighted by Crippen LogP contribution is -2.30. The first kappa shape index (κ1) is 18.5. The van der Waals surface area contributed by atoms with Crippen molar-refractivity contribution >= 4 is 16.9 Å². The SMILES string of the molecule is COc1cccc(CC(=O)N2CC[C@@H](c3nc4ccncc4n3C(C)C)C2)c1. The lowest BCUT2D eigenvalue weighted by atomic mass is 10.1. The molecule has 6 nitrogen and oxygen atoms in total. The highest BCUT2D eigenvalue weighted by Gasteiger charge is 2.31. The number of hydrogen-bond acceptors (Lipinski definition) is 4. The summed E-state index contributed by atoms with van der Waals surface area (Å²) in [5.74, 6) is 2.26. The predicted molar refractivity (Wildman–Crippen MR) is 109 cm³/mol. The average molecular weight is 378 g/mol. The number of fused-ring (bicyclic) bond motifs is 1. The van der Waals surface area contributed by atoms with Crippen LogP contribution in [0, 0.1) is 0 Å². The second-order valence-electron chi connectivity index (χ2n) is 7.65. The Kier molecular flexibility index (Phi) is 5.03. The van der Waals surface area contributed by atoms with Gasteiger partial charge in [-0.1, -0.05) is 12.1 Å². The fourth-order valence-corrected chi connectivity index (χ4v) is 4.06. The van der Waals surface area contributed by atoms with Crippen LogP contribution in [0.2, 0.25) is 0 Å². The molecule has 1 aliphatic heterocycles. The number of hydrogen-bond donors (Lipinski definition) is 0. The van der Waals surface area contributed by atoms with E-state index in [9.17, 15) is 4.79 Å². The highest BCUT2D eigenvalue weighted by molar-refractivity contribution is 5.79. The van der Waals surface area contributed by atoms with Crippen molar-refractivity contribution in [2.75, 3.05) is 20.2 Å². The number of carbonyl (C=O) groups is 1. The standard InChI is InChI=1S/C22H26N4O2/c1-15(2)26-20-13-23-9-7-19(20)24-22(26)17-8-10-25(14-17)21(27)12-16-5-4-6-18(11-16)28-3/h4-7,9,11,13,15,17H,8,10,12,14H2,1-3H3/t17-/m1/s1. The van der Waals surface area contributed by atoms with E-state index in [0.29, 0.717) is 19.0 Å². The van der Waals surface area contributed by atoms with Crippen molar-refractivity contribution in [3.63, 3.8) is 0 Å². The summed E-state index contributed by atoms with van der Waals surface area (Å²) in [6.45, 7) is 5.82. The molecule has 4 rings (SSSR count). The molecule has 0 aliphatic carbocycles. The maximum absolute atomic E-state index is 12.8. The van der Waals surface area contributed by atoms with Gasteiger partial charge < -0.3 is 14.2 Å². The molecule has 1 aliphatic rings. The Morgan fingerprint density at radius 2 is 2.18 bits per heavy atom. The molecule has 3 aromatic rings. The average Bonchev–Trinajstić information content (AvgIpc) is 3.32. The molecule has 28 heavy (non-hydrogen) atoms. The Labute approximate surface area is 165 Å². The normalized spacial score (nSPS) is 16.9. The molecule has 1 aromatic carbocycles. The summed E-state index contributed by atoms with van der Waals surface area (Å²) in [6, 6.07) is 9.97. The monoisotopic (exact) mass is 378 g/mol. The van der Waals surface area contributed by atoms with E-state index < -0.39 is 0 Å². The molecule has 3 heterocycles.